The first-order chi connectivity index (χ1) is 11.3. The average molecular weight is 310 g/mol. The predicted molar refractivity (Wildman–Crippen MR) is 92.1 cm³/mol. The molecule has 0 aromatic heterocycles. The van der Waals surface area contributed by atoms with Crippen LogP contribution in [-0.4, -0.2) is 32.7 Å². The van der Waals surface area contributed by atoms with E-state index in [-0.39, 0.29) is 5.91 Å². The number of ether oxygens (including phenoxy) is 1. The summed E-state index contributed by atoms with van der Waals surface area (Å²) in [6.45, 7) is 2.01. The van der Waals surface area contributed by atoms with Crippen LogP contribution in [0.4, 0.5) is 5.69 Å². The maximum absolute atomic E-state index is 12.1. The molecule has 2 aromatic carbocycles. The summed E-state index contributed by atoms with van der Waals surface area (Å²) in [7, 11) is 1.66. The van der Waals surface area contributed by atoms with Gasteiger partial charge in [0.25, 0.3) is 0 Å². The van der Waals surface area contributed by atoms with Crippen LogP contribution in [0.1, 0.15) is 11.1 Å². The van der Waals surface area contributed by atoms with Gasteiger partial charge in [-0.15, -0.1) is 0 Å². The van der Waals surface area contributed by atoms with Gasteiger partial charge < -0.3 is 15.0 Å². The normalized spacial score (nSPS) is 12.8. The molecule has 1 heterocycles. The zero-order valence-electron chi connectivity index (χ0n) is 13.4. The van der Waals surface area contributed by atoms with Crippen molar-refractivity contribution in [3.63, 3.8) is 0 Å². The Morgan fingerprint density at radius 3 is 2.74 bits per heavy atom. The smallest absolute Gasteiger partial charge is 0.239 e. The van der Waals surface area contributed by atoms with Crippen molar-refractivity contribution >= 4 is 11.6 Å². The molecule has 0 unspecified atom stereocenters. The summed E-state index contributed by atoms with van der Waals surface area (Å²) in [6, 6.07) is 16.2. The van der Waals surface area contributed by atoms with Crippen molar-refractivity contribution < 1.29 is 9.53 Å². The SMILES string of the molecule is COc1ccc(CCNC(=O)CN2CCc3ccccc32)cc1. The zero-order valence-corrected chi connectivity index (χ0v) is 13.4. The van der Waals surface area contributed by atoms with Gasteiger partial charge in [0.05, 0.1) is 13.7 Å². The van der Waals surface area contributed by atoms with Crippen LogP contribution in [0, 0.1) is 0 Å². The molecule has 0 bridgehead atoms. The van der Waals surface area contributed by atoms with Crippen LogP contribution in [0.15, 0.2) is 48.5 Å². The number of carbonyl (C=O) groups is 1. The van der Waals surface area contributed by atoms with E-state index < -0.39 is 0 Å². The Bertz CT molecular complexity index is 667. The summed E-state index contributed by atoms with van der Waals surface area (Å²) >= 11 is 0. The quantitative estimate of drug-likeness (QED) is 0.891. The number of para-hydroxylation sites is 1. The lowest BCUT2D eigenvalue weighted by Gasteiger charge is -2.18. The molecular weight excluding hydrogens is 288 g/mol. The Balaban J connectivity index is 1.45. The molecule has 120 valence electrons. The van der Waals surface area contributed by atoms with E-state index in [1.165, 1.54) is 16.8 Å². The van der Waals surface area contributed by atoms with Gasteiger partial charge in [-0.2, -0.15) is 0 Å². The van der Waals surface area contributed by atoms with Crippen LogP contribution in [-0.2, 0) is 17.6 Å². The third-order valence-electron chi connectivity index (χ3n) is 4.21. The Morgan fingerprint density at radius 2 is 1.96 bits per heavy atom. The number of nitrogens with one attached hydrogen (secondary N) is 1. The number of rotatable bonds is 6. The summed E-state index contributed by atoms with van der Waals surface area (Å²) in [5, 5.41) is 3.01. The topological polar surface area (TPSA) is 41.6 Å². The number of nitrogens with zero attached hydrogens (tertiary/aromatic N) is 1. The van der Waals surface area contributed by atoms with Crippen LogP contribution in [0.3, 0.4) is 0 Å². The minimum absolute atomic E-state index is 0.0789. The lowest BCUT2D eigenvalue weighted by Crippen LogP contribution is -2.37. The predicted octanol–water partition coefficient (Wildman–Crippen LogP) is 2.42. The van der Waals surface area contributed by atoms with E-state index in [1.54, 1.807) is 7.11 Å². The minimum atomic E-state index is 0.0789. The highest BCUT2D eigenvalue weighted by Crippen LogP contribution is 2.26. The van der Waals surface area contributed by atoms with E-state index in [0.717, 1.165) is 25.1 Å². The summed E-state index contributed by atoms with van der Waals surface area (Å²) in [5.41, 5.74) is 3.72. The number of carbonyl (C=O) groups excluding carboxylic acids is 1. The van der Waals surface area contributed by atoms with E-state index in [4.69, 9.17) is 4.74 Å². The number of hydrogen-bond acceptors (Lipinski definition) is 3. The van der Waals surface area contributed by atoms with Crippen LogP contribution in [0.2, 0.25) is 0 Å². The molecule has 0 spiro atoms. The van der Waals surface area contributed by atoms with E-state index in [9.17, 15) is 4.79 Å². The Kier molecular flexibility index (Phi) is 4.81. The largest absolute Gasteiger partial charge is 0.497 e. The first-order valence-electron chi connectivity index (χ1n) is 7.99. The number of anilines is 1. The van der Waals surface area contributed by atoms with E-state index >= 15 is 0 Å². The standard InChI is InChI=1S/C19H22N2O2/c1-23-17-8-6-15(7-9-17)10-12-20-19(22)14-21-13-11-16-4-2-3-5-18(16)21/h2-9H,10-14H2,1H3,(H,20,22). The third kappa shape index (κ3) is 3.83. The lowest BCUT2D eigenvalue weighted by atomic mass is 10.1. The second kappa shape index (κ2) is 7.18. The fourth-order valence-electron chi connectivity index (χ4n) is 2.94. The molecule has 0 saturated carbocycles. The molecule has 23 heavy (non-hydrogen) atoms. The van der Waals surface area contributed by atoms with Crippen LogP contribution in [0.5, 0.6) is 5.75 Å². The summed E-state index contributed by atoms with van der Waals surface area (Å²) in [6.07, 6.45) is 1.85. The molecule has 2 aromatic rings. The molecular formula is C19H22N2O2. The molecule has 1 N–H and O–H groups in total. The van der Waals surface area contributed by atoms with Crippen LogP contribution in [0.25, 0.3) is 0 Å². The molecule has 1 aliphatic heterocycles. The second-order valence-corrected chi connectivity index (χ2v) is 5.75. The van der Waals surface area contributed by atoms with Crippen molar-refractivity contribution in [2.24, 2.45) is 0 Å². The first-order valence-corrected chi connectivity index (χ1v) is 7.99. The number of benzene rings is 2. The molecule has 1 aliphatic rings. The molecule has 0 radical (unpaired) electrons. The number of fused-ring (bicyclic) bond motifs is 1. The van der Waals surface area contributed by atoms with Crippen molar-refractivity contribution in [3.05, 3.63) is 59.7 Å². The molecule has 0 atom stereocenters. The number of hydrogen-bond donors (Lipinski definition) is 1. The van der Waals surface area contributed by atoms with Gasteiger partial charge in [0.1, 0.15) is 5.75 Å². The van der Waals surface area contributed by atoms with Gasteiger partial charge in [-0.3, -0.25) is 4.79 Å². The van der Waals surface area contributed by atoms with Gasteiger partial charge in [-0.05, 0) is 42.2 Å². The van der Waals surface area contributed by atoms with E-state index in [0.29, 0.717) is 13.1 Å². The minimum Gasteiger partial charge on any atom is -0.497 e. The fraction of sp³-hybridized carbons (Fsp3) is 0.316. The van der Waals surface area contributed by atoms with Crippen LogP contribution >= 0.6 is 0 Å². The molecule has 1 amide bonds. The monoisotopic (exact) mass is 310 g/mol. The molecule has 4 heteroatoms. The first kappa shape index (κ1) is 15.4. The van der Waals surface area contributed by atoms with Gasteiger partial charge in [0.2, 0.25) is 5.91 Å². The maximum Gasteiger partial charge on any atom is 0.239 e. The summed E-state index contributed by atoms with van der Waals surface area (Å²) in [4.78, 5) is 14.3. The highest BCUT2D eigenvalue weighted by Gasteiger charge is 2.20. The number of amides is 1. The van der Waals surface area contributed by atoms with Gasteiger partial charge in [-0.1, -0.05) is 30.3 Å². The van der Waals surface area contributed by atoms with Crippen molar-refractivity contribution in [3.8, 4) is 5.75 Å². The Morgan fingerprint density at radius 1 is 1.17 bits per heavy atom. The van der Waals surface area contributed by atoms with Gasteiger partial charge in [0.15, 0.2) is 0 Å². The highest BCUT2D eigenvalue weighted by molar-refractivity contribution is 5.82. The summed E-state index contributed by atoms with van der Waals surface area (Å²) < 4.78 is 5.14. The van der Waals surface area contributed by atoms with Crippen molar-refractivity contribution in [1.82, 2.24) is 5.32 Å². The van der Waals surface area contributed by atoms with Crippen molar-refractivity contribution in [2.75, 3.05) is 31.6 Å². The van der Waals surface area contributed by atoms with E-state index in [2.05, 4.69) is 28.4 Å². The van der Waals surface area contributed by atoms with Gasteiger partial charge in [0, 0.05) is 18.8 Å². The highest BCUT2D eigenvalue weighted by atomic mass is 16.5. The van der Waals surface area contributed by atoms with Crippen molar-refractivity contribution in [2.45, 2.75) is 12.8 Å². The Labute approximate surface area is 137 Å². The molecule has 3 rings (SSSR count). The third-order valence-corrected chi connectivity index (χ3v) is 4.21. The molecule has 0 saturated heterocycles. The fourth-order valence-corrected chi connectivity index (χ4v) is 2.94. The second-order valence-electron chi connectivity index (χ2n) is 5.75. The van der Waals surface area contributed by atoms with Gasteiger partial charge >= 0.3 is 0 Å². The van der Waals surface area contributed by atoms with Crippen LogP contribution < -0.4 is 15.0 Å². The Hall–Kier alpha value is -2.49. The number of methoxy groups -OCH3 is 1. The maximum atomic E-state index is 12.1. The molecule has 0 fully saturated rings. The van der Waals surface area contributed by atoms with Gasteiger partial charge in [-0.25, -0.2) is 0 Å². The van der Waals surface area contributed by atoms with Crippen molar-refractivity contribution in [1.29, 1.82) is 0 Å². The molecule has 0 aliphatic carbocycles. The lowest BCUT2D eigenvalue weighted by molar-refractivity contribution is -0.119. The summed E-state index contributed by atoms with van der Waals surface area (Å²) in [5.74, 6) is 0.931. The average Bonchev–Trinajstić information content (AvgIpc) is 2.99. The van der Waals surface area contributed by atoms with E-state index in [1.807, 2.05) is 30.3 Å². The zero-order chi connectivity index (χ0) is 16.1. The molecule has 4 nitrogen and oxygen atoms in total.